The molecule has 2 aromatic rings. The number of hydrogen-bond acceptors (Lipinski definition) is 5. The largest absolute Gasteiger partial charge is 0.387 e. The van der Waals surface area contributed by atoms with Gasteiger partial charge in [-0.25, -0.2) is 0 Å². The third-order valence-corrected chi connectivity index (χ3v) is 9.66. The van der Waals surface area contributed by atoms with Crippen LogP contribution in [0.2, 0.25) is 0 Å². The molecule has 6 heteroatoms. The number of hydrogen-bond donors (Lipinski definition) is 1. The van der Waals surface area contributed by atoms with Crippen LogP contribution in [0.15, 0.2) is 24.7 Å². The highest BCUT2D eigenvalue weighted by molar-refractivity contribution is 5.82. The summed E-state index contributed by atoms with van der Waals surface area (Å²) in [6.45, 7) is 5.97. The van der Waals surface area contributed by atoms with Gasteiger partial charge in [0.2, 0.25) is 0 Å². The molecule has 0 spiro atoms. The van der Waals surface area contributed by atoms with Gasteiger partial charge in [-0.05, 0) is 100 Å². The summed E-state index contributed by atoms with van der Waals surface area (Å²) >= 11 is 0. The molecule has 2 heterocycles. The second-order valence-electron chi connectivity index (χ2n) is 11.8. The summed E-state index contributed by atoms with van der Waals surface area (Å²) in [5.74, 6) is 4.02. The van der Waals surface area contributed by atoms with E-state index >= 15 is 0 Å². The van der Waals surface area contributed by atoms with Crippen molar-refractivity contribution in [2.75, 3.05) is 13.2 Å². The Kier molecular flexibility index (Phi) is 7.59. The maximum atomic E-state index is 13.3. The smallest absolute Gasteiger partial charge is 0.157 e. The Morgan fingerprint density at radius 2 is 2.03 bits per heavy atom. The fourth-order valence-electron chi connectivity index (χ4n) is 7.82. The fraction of sp³-hybridized carbons (Fsp3) is 0.759. The van der Waals surface area contributed by atoms with Gasteiger partial charge in [-0.3, -0.25) is 14.5 Å². The number of Topliss-reactive ketones (excluding diaryl/α,β-unsaturated/α-hetero) is 1. The topological polar surface area (TPSA) is 77.2 Å². The van der Waals surface area contributed by atoms with E-state index in [0.29, 0.717) is 37.4 Å². The number of ketones is 1. The SMILES string of the molecule is CCOCC1(O)CCC2C(CCC3C(C)CCC(C(=O)Cn4cc5ccncc5n4)CCCC32)C1. The lowest BCUT2D eigenvalue weighted by molar-refractivity contribution is -0.124. The molecule has 7 unspecified atom stereocenters. The van der Waals surface area contributed by atoms with Gasteiger partial charge in [0.15, 0.2) is 5.78 Å². The predicted octanol–water partition coefficient (Wildman–Crippen LogP) is 5.43. The van der Waals surface area contributed by atoms with Crippen LogP contribution in [0.3, 0.4) is 0 Å². The number of ether oxygens (including phenoxy) is 1. The minimum atomic E-state index is -0.626. The highest BCUT2D eigenvalue weighted by Gasteiger charge is 2.47. The molecule has 0 saturated heterocycles. The number of rotatable bonds is 6. The summed E-state index contributed by atoms with van der Waals surface area (Å²) in [6, 6.07) is 1.95. The van der Waals surface area contributed by atoms with Crippen LogP contribution in [0.5, 0.6) is 0 Å². The molecule has 3 aliphatic carbocycles. The van der Waals surface area contributed by atoms with Gasteiger partial charge in [-0.1, -0.05) is 13.3 Å². The van der Waals surface area contributed by atoms with Gasteiger partial charge < -0.3 is 9.84 Å². The number of carbonyl (C=O) groups is 1. The summed E-state index contributed by atoms with van der Waals surface area (Å²) in [7, 11) is 0. The Labute approximate surface area is 209 Å². The molecule has 7 atom stereocenters. The van der Waals surface area contributed by atoms with Gasteiger partial charge in [0, 0.05) is 30.3 Å². The molecule has 3 saturated carbocycles. The first kappa shape index (κ1) is 24.9. The van der Waals surface area contributed by atoms with Crippen molar-refractivity contribution in [3.05, 3.63) is 24.7 Å². The van der Waals surface area contributed by atoms with Gasteiger partial charge in [0.05, 0.1) is 24.9 Å². The van der Waals surface area contributed by atoms with Crippen molar-refractivity contribution in [1.29, 1.82) is 0 Å². The van der Waals surface area contributed by atoms with Gasteiger partial charge >= 0.3 is 0 Å². The quantitative estimate of drug-likeness (QED) is 0.596. The molecule has 6 nitrogen and oxygen atoms in total. The standard InChI is InChI=1S/C29H43N3O3/c1-3-35-19-29(34)13-11-25-22(15-29)9-10-24-20(2)7-8-21(5-4-6-26(24)25)28(33)18-32-17-23-12-14-30-16-27(23)31-32/h12,14,16-17,20-22,24-26,34H,3-11,13,15,18-19H2,1-2H3. The summed E-state index contributed by atoms with van der Waals surface area (Å²) in [6.07, 6.45) is 16.5. The van der Waals surface area contributed by atoms with Crippen molar-refractivity contribution in [2.24, 2.45) is 35.5 Å². The monoisotopic (exact) mass is 481 g/mol. The van der Waals surface area contributed by atoms with E-state index in [1.807, 2.05) is 19.2 Å². The summed E-state index contributed by atoms with van der Waals surface area (Å²) in [4.78, 5) is 17.5. The summed E-state index contributed by atoms with van der Waals surface area (Å²) in [5.41, 5.74) is 0.224. The minimum absolute atomic E-state index is 0.140. The van der Waals surface area contributed by atoms with E-state index in [1.165, 1.54) is 19.3 Å². The highest BCUT2D eigenvalue weighted by atomic mass is 16.5. The van der Waals surface area contributed by atoms with Crippen molar-refractivity contribution in [3.8, 4) is 0 Å². The summed E-state index contributed by atoms with van der Waals surface area (Å²) < 4.78 is 7.44. The van der Waals surface area contributed by atoms with E-state index < -0.39 is 5.60 Å². The van der Waals surface area contributed by atoms with E-state index in [2.05, 4.69) is 17.0 Å². The lowest BCUT2D eigenvalue weighted by atomic mass is 9.56. The molecule has 0 aliphatic heterocycles. The predicted molar refractivity (Wildman–Crippen MR) is 137 cm³/mol. The molecule has 0 amide bonds. The molecule has 1 N–H and O–H groups in total. The van der Waals surface area contributed by atoms with Crippen molar-refractivity contribution < 1.29 is 14.6 Å². The van der Waals surface area contributed by atoms with Crippen molar-refractivity contribution in [3.63, 3.8) is 0 Å². The molecular formula is C29H43N3O3. The number of nitrogens with zero attached hydrogens (tertiary/aromatic N) is 3. The van der Waals surface area contributed by atoms with Gasteiger partial charge in [0.25, 0.3) is 0 Å². The van der Waals surface area contributed by atoms with Crippen molar-refractivity contribution in [1.82, 2.24) is 14.8 Å². The molecule has 35 heavy (non-hydrogen) atoms. The average Bonchev–Trinajstić information content (AvgIpc) is 3.28. The van der Waals surface area contributed by atoms with Gasteiger partial charge in [0.1, 0.15) is 5.52 Å². The number of aromatic nitrogens is 3. The van der Waals surface area contributed by atoms with Crippen LogP contribution in [0.4, 0.5) is 0 Å². The van der Waals surface area contributed by atoms with Crippen LogP contribution in [0, 0.1) is 35.5 Å². The van der Waals surface area contributed by atoms with Gasteiger partial charge in [-0.2, -0.15) is 5.10 Å². The number of fused-ring (bicyclic) bond motifs is 4. The zero-order valence-electron chi connectivity index (χ0n) is 21.6. The third kappa shape index (κ3) is 5.48. The molecule has 3 aliphatic rings. The lowest BCUT2D eigenvalue weighted by Gasteiger charge is -2.51. The number of carbonyl (C=O) groups excluding carboxylic acids is 1. The normalized spacial score (nSPS) is 36.0. The molecule has 0 aromatic carbocycles. The minimum Gasteiger partial charge on any atom is -0.387 e. The van der Waals surface area contributed by atoms with Crippen molar-refractivity contribution >= 4 is 16.7 Å². The molecular weight excluding hydrogens is 438 g/mol. The first-order chi connectivity index (χ1) is 17.0. The fourth-order valence-corrected chi connectivity index (χ4v) is 7.82. The first-order valence-corrected chi connectivity index (χ1v) is 14.1. The Hall–Kier alpha value is -1.79. The molecule has 5 rings (SSSR count). The molecule has 0 radical (unpaired) electrons. The van der Waals surface area contributed by atoms with E-state index in [9.17, 15) is 9.90 Å². The first-order valence-electron chi connectivity index (χ1n) is 14.1. The zero-order chi connectivity index (χ0) is 24.4. The second-order valence-corrected chi connectivity index (χ2v) is 11.8. The number of aliphatic hydroxyl groups is 1. The van der Waals surface area contributed by atoms with E-state index in [1.54, 1.807) is 17.1 Å². The van der Waals surface area contributed by atoms with Crippen LogP contribution in [0.1, 0.15) is 78.1 Å². The van der Waals surface area contributed by atoms with Crippen LogP contribution < -0.4 is 0 Å². The maximum Gasteiger partial charge on any atom is 0.157 e. The highest BCUT2D eigenvalue weighted by Crippen LogP contribution is 2.53. The number of pyridine rings is 1. The molecule has 2 aromatic heterocycles. The molecule has 3 fully saturated rings. The van der Waals surface area contributed by atoms with E-state index in [0.717, 1.165) is 73.6 Å². The summed E-state index contributed by atoms with van der Waals surface area (Å²) in [5, 5.41) is 16.7. The average molecular weight is 482 g/mol. The van der Waals surface area contributed by atoms with Crippen LogP contribution in [-0.4, -0.2) is 44.5 Å². The Morgan fingerprint density at radius 1 is 1.14 bits per heavy atom. The van der Waals surface area contributed by atoms with E-state index in [-0.39, 0.29) is 5.92 Å². The van der Waals surface area contributed by atoms with Crippen molar-refractivity contribution in [2.45, 2.75) is 90.2 Å². The third-order valence-electron chi connectivity index (χ3n) is 9.66. The second kappa shape index (κ2) is 10.7. The van der Waals surface area contributed by atoms with Gasteiger partial charge in [-0.15, -0.1) is 0 Å². The van der Waals surface area contributed by atoms with E-state index in [4.69, 9.17) is 4.74 Å². The maximum absolute atomic E-state index is 13.3. The molecule has 0 bridgehead atoms. The zero-order valence-corrected chi connectivity index (χ0v) is 21.6. The Morgan fingerprint density at radius 3 is 2.86 bits per heavy atom. The van der Waals surface area contributed by atoms with Crippen LogP contribution in [0.25, 0.3) is 10.9 Å². The lowest BCUT2D eigenvalue weighted by Crippen LogP contribution is -2.48. The Bertz CT molecular complexity index is 973. The molecule has 192 valence electrons. The van der Waals surface area contributed by atoms with Crippen LogP contribution in [-0.2, 0) is 16.1 Å². The Balaban J connectivity index is 1.22. The van der Waals surface area contributed by atoms with Crippen LogP contribution >= 0.6 is 0 Å².